The van der Waals surface area contributed by atoms with Crippen LogP contribution < -0.4 is 10.6 Å². The van der Waals surface area contributed by atoms with Crippen LogP contribution in [0, 0.1) is 13.8 Å². The lowest BCUT2D eigenvalue weighted by molar-refractivity contribution is 0.0232. The summed E-state index contributed by atoms with van der Waals surface area (Å²) in [5.41, 5.74) is 3.06. The van der Waals surface area contributed by atoms with E-state index in [4.69, 9.17) is 0 Å². The molecule has 1 heterocycles. The van der Waals surface area contributed by atoms with E-state index in [-0.39, 0.29) is 0 Å². The lowest BCUT2D eigenvalue weighted by Gasteiger charge is -2.33. The first-order valence-corrected chi connectivity index (χ1v) is 6.33. The predicted molar refractivity (Wildman–Crippen MR) is 71.5 cm³/mol. The maximum atomic E-state index is 10.4. The molecular weight excluding hydrogens is 212 g/mol. The molecule has 3 heteroatoms. The number of nitrogens with one attached hydrogen (secondary N) is 2. The van der Waals surface area contributed by atoms with E-state index in [0.29, 0.717) is 6.54 Å². The van der Waals surface area contributed by atoms with E-state index < -0.39 is 5.60 Å². The Bertz CT molecular complexity index is 384. The lowest BCUT2D eigenvalue weighted by atomic mass is 9.92. The van der Waals surface area contributed by atoms with E-state index >= 15 is 0 Å². The molecule has 0 aromatic heterocycles. The monoisotopic (exact) mass is 234 g/mol. The number of benzene rings is 1. The van der Waals surface area contributed by atoms with Gasteiger partial charge in [0.2, 0.25) is 0 Å². The standard InChI is InChI=1S/C14H22N2O/c1-11-3-4-12(2)13(9-11)16-10-14(17)5-7-15-8-6-14/h3-4,9,15-17H,5-8,10H2,1-2H3. The summed E-state index contributed by atoms with van der Waals surface area (Å²) in [4.78, 5) is 0. The van der Waals surface area contributed by atoms with E-state index in [1.807, 2.05) is 0 Å². The van der Waals surface area contributed by atoms with Gasteiger partial charge in [-0.3, -0.25) is 0 Å². The Balaban J connectivity index is 1.99. The molecule has 0 radical (unpaired) electrons. The third-order valence-electron chi connectivity index (χ3n) is 3.54. The maximum absolute atomic E-state index is 10.4. The molecule has 0 spiro atoms. The van der Waals surface area contributed by atoms with Crippen LogP contribution in [0.1, 0.15) is 24.0 Å². The minimum absolute atomic E-state index is 0.554. The maximum Gasteiger partial charge on any atom is 0.0843 e. The highest BCUT2D eigenvalue weighted by molar-refractivity contribution is 5.52. The minimum atomic E-state index is -0.554. The summed E-state index contributed by atoms with van der Waals surface area (Å²) in [7, 11) is 0. The second-order valence-corrected chi connectivity index (χ2v) is 5.15. The second kappa shape index (κ2) is 5.07. The molecule has 94 valence electrons. The molecule has 3 nitrogen and oxygen atoms in total. The third-order valence-corrected chi connectivity index (χ3v) is 3.54. The van der Waals surface area contributed by atoms with Gasteiger partial charge >= 0.3 is 0 Å². The summed E-state index contributed by atoms with van der Waals surface area (Å²) in [5.74, 6) is 0. The van der Waals surface area contributed by atoms with Gasteiger partial charge in [-0.1, -0.05) is 12.1 Å². The third kappa shape index (κ3) is 3.20. The number of hydrogen-bond donors (Lipinski definition) is 3. The highest BCUT2D eigenvalue weighted by Gasteiger charge is 2.28. The first-order chi connectivity index (χ1) is 8.09. The number of piperidine rings is 1. The topological polar surface area (TPSA) is 44.3 Å². The molecule has 17 heavy (non-hydrogen) atoms. The molecule has 3 N–H and O–H groups in total. The number of aliphatic hydroxyl groups is 1. The molecule has 0 saturated carbocycles. The van der Waals surface area contributed by atoms with Crippen molar-refractivity contribution in [2.75, 3.05) is 25.0 Å². The van der Waals surface area contributed by atoms with Crippen LogP contribution in [0.15, 0.2) is 18.2 Å². The van der Waals surface area contributed by atoms with Gasteiger partial charge in [-0.25, -0.2) is 0 Å². The van der Waals surface area contributed by atoms with E-state index in [2.05, 4.69) is 42.7 Å². The van der Waals surface area contributed by atoms with Crippen LogP contribution in [-0.2, 0) is 0 Å². The first-order valence-electron chi connectivity index (χ1n) is 6.33. The van der Waals surface area contributed by atoms with Crippen LogP contribution in [0.5, 0.6) is 0 Å². The molecule has 1 aromatic carbocycles. The van der Waals surface area contributed by atoms with Gasteiger partial charge in [-0.15, -0.1) is 0 Å². The molecule has 0 unspecified atom stereocenters. The zero-order valence-corrected chi connectivity index (χ0v) is 10.7. The Morgan fingerprint density at radius 3 is 2.71 bits per heavy atom. The molecule has 1 aliphatic rings. The van der Waals surface area contributed by atoms with Gasteiger partial charge in [0.1, 0.15) is 0 Å². The number of rotatable bonds is 3. The molecule has 0 bridgehead atoms. The van der Waals surface area contributed by atoms with Crippen molar-refractivity contribution in [3.05, 3.63) is 29.3 Å². The molecule has 2 rings (SSSR count). The predicted octanol–water partition coefficient (Wildman–Crippen LogP) is 1.83. The van der Waals surface area contributed by atoms with Crippen molar-refractivity contribution >= 4 is 5.69 Å². The average molecular weight is 234 g/mol. The highest BCUT2D eigenvalue weighted by atomic mass is 16.3. The minimum Gasteiger partial charge on any atom is -0.388 e. The second-order valence-electron chi connectivity index (χ2n) is 5.15. The average Bonchev–Trinajstić information content (AvgIpc) is 2.31. The molecule has 0 aliphatic carbocycles. The van der Waals surface area contributed by atoms with Crippen LogP contribution in [-0.4, -0.2) is 30.3 Å². The van der Waals surface area contributed by atoms with Gasteiger partial charge in [-0.05, 0) is 57.0 Å². The summed E-state index contributed by atoms with van der Waals surface area (Å²) < 4.78 is 0. The van der Waals surface area contributed by atoms with Gasteiger partial charge in [0.15, 0.2) is 0 Å². The lowest BCUT2D eigenvalue weighted by Crippen LogP contribution is -2.46. The molecular formula is C14H22N2O. The van der Waals surface area contributed by atoms with Gasteiger partial charge < -0.3 is 15.7 Å². The van der Waals surface area contributed by atoms with Gasteiger partial charge in [0, 0.05) is 12.2 Å². The molecule has 1 fully saturated rings. The zero-order valence-electron chi connectivity index (χ0n) is 10.7. The Morgan fingerprint density at radius 2 is 2.00 bits per heavy atom. The summed E-state index contributed by atoms with van der Waals surface area (Å²) in [6, 6.07) is 6.36. The summed E-state index contributed by atoms with van der Waals surface area (Å²) in [6.45, 7) is 6.63. The van der Waals surface area contributed by atoms with Crippen LogP contribution in [0.25, 0.3) is 0 Å². The smallest absolute Gasteiger partial charge is 0.0843 e. The van der Waals surface area contributed by atoms with E-state index in [9.17, 15) is 5.11 Å². The number of hydrogen-bond acceptors (Lipinski definition) is 3. The molecule has 0 atom stereocenters. The summed E-state index contributed by atoms with van der Waals surface area (Å²) in [6.07, 6.45) is 1.65. The highest BCUT2D eigenvalue weighted by Crippen LogP contribution is 2.21. The Morgan fingerprint density at radius 1 is 1.29 bits per heavy atom. The Hall–Kier alpha value is -1.06. The largest absolute Gasteiger partial charge is 0.388 e. The molecule has 0 amide bonds. The first kappa shape index (κ1) is 12.4. The van der Waals surface area contributed by atoms with Crippen molar-refractivity contribution in [2.24, 2.45) is 0 Å². The fourth-order valence-electron chi connectivity index (χ4n) is 2.25. The molecule has 1 aliphatic heterocycles. The Kier molecular flexibility index (Phi) is 3.69. The van der Waals surface area contributed by atoms with Crippen LogP contribution in [0.4, 0.5) is 5.69 Å². The van der Waals surface area contributed by atoms with Crippen LogP contribution >= 0.6 is 0 Å². The SMILES string of the molecule is Cc1ccc(C)c(NCC2(O)CCNCC2)c1. The van der Waals surface area contributed by atoms with Crippen molar-refractivity contribution in [1.29, 1.82) is 0 Å². The van der Waals surface area contributed by atoms with Crippen molar-refractivity contribution in [3.63, 3.8) is 0 Å². The number of aryl methyl sites for hydroxylation is 2. The van der Waals surface area contributed by atoms with Crippen molar-refractivity contribution in [3.8, 4) is 0 Å². The quantitative estimate of drug-likeness (QED) is 0.747. The van der Waals surface area contributed by atoms with E-state index in [1.54, 1.807) is 0 Å². The van der Waals surface area contributed by atoms with Gasteiger partial charge in [0.05, 0.1) is 5.60 Å². The zero-order chi connectivity index (χ0) is 12.3. The number of anilines is 1. The molecule has 1 aromatic rings. The summed E-state index contributed by atoms with van der Waals surface area (Å²) in [5, 5.41) is 17.0. The van der Waals surface area contributed by atoms with Crippen LogP contribution in [0.2, 0.25) is 0 Å². The van der Waals surface area contributed by atoms with E-state index in [1.165, 1.54) is 11.1 Å². The normalized spacial score (nSPS) is 19.0. The van der Waals surface area contributed by atoms with Crippen LogP contribution in [0.3, 0.4) is 0 Å². The Labute approximate surface area is 103 Å². The molecule has 1 saturated heterocycles. The fourth-order valence-corrected chi connectivity index (χ4v) is 2.25. The van der Waals surface area contributed by atoms with Gasteiger partial charge in [-0.2, -0.15) is 0 Å². The van der Waals surface area contributed by atoms with E-state index in [0.717, 1.165) is 31.6 Å². The fraction of sp³-hybridized carbons (Fsp3) is 0.571. The van der Waals surface area contributed by atoms with Crippen molar-refractivity contribution < 1.29 is 5.11 Å². The van der Waals surface area contributed by atoms with Gasteiger partial charge in [0.25, 0.3) is 0 Å². The summed E-state index contributed by atoms with van der Waals surface area (Å²) >= 11 is 0. The van der Waals surface area contributed by atoms with Crippen molar-refractivity contribution in [1.82, 2.24) is 5.32 Å². The van der Waals surface area contributed by atoms with Crippen molar-refractivity contribution in [2.45, 2.75) is 32.3 Å².